The molecule has 6 heteroatoms. The zero-order valence-corrected chi connectivity index (χ0v) is 15.9. The van der Waals surface area contributed by atoms with Crippen molar-refractivity contribution >= 4 is 29.9 Å². The van der Waals surface area contributed by atoms with Crippen LogP contribution < -0.4 is 10.6 Å². The number of guanidine groups is 1. The highest BCUT2D eigenvalue weighted by atomic mass is 127. The van der Waals surface area contributed by atoms with Gasteiger partial charge in [0.1, 0.15) is 11.6 Å². The predicted octanol–water partition coefficient (Wildman–Crippen LogP) is 3.72. The maximum Gasteiger partial charge on any atom is 0.191 e. The maximum atomic E-state index is 13.5. The van der Waals surface area contributed by atoms with E-state index in [9.17, 15) is 8.78 Å². The van der Waals surface area contributed by atoms with Gasteiger partial charge in [-0.05, 0) is 37.8 Å². The molecule has 0 saturated heterocycles. The van der Waals surface area contributed by atoms with Gasteiger partial charge < -0.3 is 10.6 Å². The fraction of sp³-hybridized carbons (Fsp3) is 0.562. The summed E-state index contributed by atoms with van der Waals surface area (Å²) in [6.07, 6.45) is 0.443. The summed E-state index contributed by atoms with van der Waals surface area (Å²) in [7, 11) is 0. The second-order valence-electron chi connectivity index (χ2n) is 5.42. The molecular formula is C16H26F2IN3. The number of hydrogen-bond donors (Lipinski definition) is 2. The summed E-state index contributed by atoms with van der Waals surface area (Å²) in [6.45, 7) is 9.57. The van der Waals surface area contributed by atoms with Crippen LogP contribution in [0.4, 0.5) is 8.78 Å². The number of nitrogens with zero attached hydrogens (tertiary/aromatic N) is 1. The summed E-state index contributed by atoms with van der Waals surface area (Å²) >= 11 is 0. The Kier molecular flexibility index (Phi) is 10.3. The van der Waals surface area contributed by atoms with Crippen LogP contribution in [-0.4, -0.2) is 25.1 Å². The van der Waals surface area contributed by atoms with Crippen LogP contribution in [0.15, 0.2) is 23.2 Å². The van der Waals surface area contributed by atoms with Crippen LogP contribution in [0, 0.1) is 17.6 Å². The second kappa shape index (κ2) is 10.7. The van der Waals surface area contributed by atoms with Gasteiger partial charge in [-0.1, -0.05) is 19.9 Å². The van der Waals surface area contributed by atoms with Crippen molar-refractivity contribution in [1.29, 1.82) is 0 Å². The minimum atomic E-state index is -0.555. The lowest BCUT2D eigenvalue weighted by Gasteiger charge is -2.20. The molecule has 1 atom stereocenters. The Balaban J connectivity index is 0.00000441. The number of aliphatic imine (C=N–C) groups is 1. The van der Waals surface area contributed by atoms with Crippen LogP contribution in [0.3, 0.4) is 0 Å². The van der Waals surface area contributed by atoms with Gasteiger partial charge in [-0.3, -0.25) is 4.99 Å². The van der Waals surface area contributed by atoms with Crippen molar-refractivity contribution in [1.82, 2.24) is 10.6 Å². The number of nitrogens with one attached hydrogen (secondary N) is 2. The van der Waals surface area contributed by atoms with Gasteiger partial charge in [0.15, 0.2) is 5.96 Å². The molecule has 0 aliphatic rings. The van der Waals surface area contributed by atoms with E-state index in [1.165, 1.54) is 12.1 Å². The summed E-state index contributed by atoms with van der Waals surface area (Å²) in [5, 5.41) is 6.48. The molecule has 0 amide bonds. The van der Waals surface area contributed by atoms with E-state index in [0.717, 1.165) is 18.6 Å². The smallest absolute Gasteiger partial charge is 0.191 e. The normalized spacial score (nSPS) is 12.8. The Bertz CT molecular complexity index is 478. The minimum Gasteiger partial charge on any atom is -0.357 e. The molecule has 0 fully saturated rings. The molecule has 3 nitrogen and oxygen atoms in total. The fourth-order valence-corrected chi connectivity index (χ4v) is 1.71. The largest absolute Gasteiger partial charge is 0.357 e. The molecule has 0 aliphatic carbocycles. The van der Waals surface area contributed by atoms with E-state index >= 15 is 0 Å². The number of benzene rings is 1. The van der Waals surface area contributed by atoms with Gasteiger partial charge in [0.25, 0.3) is 0 Å². The summed E-state index contributed by atoms with van der Waals surface area (Å²) in [4.78, 5) is 4.43. The maximum absolute atomic E-state index is 13.5. The number of halogens is 3. The van der Waals surface area contributed by atoms with Crippen molar-refractivity contribution in [2.24, 2.45) is 10.9 Å². The fourth-order valence-electron chi connectivity index (χ4n) is 1.71. The molecule has 1 unspecified atom stereocenters. The third kappa shape index (κ3) is 7.38. The average Bonchev–Trinajstić information content (AvgIpc) is 2.41. The van der Waals surface area contributed by atoms with Gasteiger partial charge in [-0.15, -0.1) is 24.0 Å². The average molecular weight is 425 g/mol. The SMILES string of the molecule is CCNC(=NCCc1ccc(F)cc1F)NC(C)C(C)C.I. The highest BCUT2D eigenvalue weighted by Gasteiger charge is 2.09. The first-order chi connectivity index (χ1) is 9.93. The van der Waals surface area contributed by atoms with Crippen molar-refractivity contribution in [3.8, 4) is 0 Å². The van der Waals surface area contributed by atoms with E-state index in [1.54, 1.807) is 0 Å². The Hall–Kier alpha value is -0.920. The van der Waals surface area contributed by atoms with Crippen molar-refractivity contribution in [3.63, 3.8) is 0 Å². The summed E-state index contributed by atoms with van der Waals surface area (Å²) in [6, 6.07) is 3.94. The molecule has 0 spiro atoms. The molecule has 126 valence electrons. The number of hydrogen-bond acceptors (Lipinski definition) is 1. The van der Waals surface area contributed by atoms with Crippen molar-refractivity contribution in [2.45, 2.75) is 40.2 Å². The molecule has 1 rings (SSSR count). The van der Waals surface area contributed by atoms with E-state index < -0.39 is 11.6 Å². The lowest BCUT2D eigenvalue weighted by molar-refractivity contribution is 0.481. The molecule has 1 aromatic carbocycles. The van der Waals surface area contributed by atoms with E-state index in [4.69, 9.17) is 0 Å². The Morgan fingerprint density at radius 2 is 1.91 bits per heavy atom. The van der Waals surface area contributed by atoms with Gasteiger partial charge >= 0.3 is 0 Å². The molecule has 0 aromatic heterocycles. The minimum absolute atomic E-state index is 0. The van der Waals surface area contributed by atoms with Gasteiger partial charge in [-0.2, -0.15) is 0 Å². The van der Waals surface area contributed by atoms with E-state index in [-0.39, 0.29) is 24.0 Å². The Labute approximate surface area is 149 Å². The molecule has 0 heterocycles. The molecular weight excluding hydrogens is 399 g/mol. The first kappa shape index (κ1) is 21.1. The van der Waals surface area contributed by atoms with E-state index in [2.05, 4.69) is 36.4 Å². The van der Waals surface area contributed by atoms with Gasteiger partial charge in [0.2, 0.25) is 0 Å². The molecule has 0 bridgehead atoms. The predicted molar refractivity (Wildman–Crippen MR) is 98.9 cm³/mol. The second-order valence-corrected chi connectivity index (χ2v) is 5.42. The third-order valence-corrected chi connectivity index (χ3v) is 3.37. The van der Waals surface area contributed by atoms with E-state index in [1.807, 2.05) is 6.92 Å². The topological polar surface area (TPSA) is 36.4 Å². The Morgan fingerprint density at radius 1 is 1.23 bits per heavy atom. The third-order valence-electron chi connectivity index (χ3n) is 3.37. The van der Waals surface area contributed by atoms with Crippen LogP contribution in [0.1, 0.15) is 33.3 Å². The molecule has 2 N–H and O–H groups in total. The highest BCUT2D eigenvalue weighted by Crippen LogP contribution is 2.10. The Morgan fingerprint density at radius 3 is 2.45 bits per heavy atom. The van der Waals surface area contributed by atoms with E-state index in [0.29, 0.717) is 30.5 Å². The van der Waals surface area contributed by atoms with Crippen molar-refractivity contribution in [2.75, 3.05) is 13.1 Å². The van der Waals surface area contributed by atoms with Crippen LogP contribution in [-0.2, 0) is 6.42 Å². The monoisotopic (exact) mass is 425 g/mol. The van der Waals surface area contributed by atoms with Crippen molar-refractivity contribution < 1.29 is 8.78 Å². The van der Waals surface area contributed by atoms with Gasteiger partial charge in [0, 0.05) is 25.2 Å². The zero-order valence-electron chi connectivity index (χ0n) is 13.6. The molecule has 22 heavy (non-hydrogen) atoms. The lowest BCUT2D eigenvalue weighted by atomic mass is 10.1. The van der Waals surface area contributed by atoms with Gasteiger partial charge in [0.05, 0.1) is 0 Å². The lowest BCUT2D eigenvalue weighted by Crippen LogP contribution is -2.44. The summed E-state index contributed by atoms with van der Waals surface area (Å²) in [5.74, 6) is 0.142. The molecule has 1 aromatic rings. The first-order valence-electron chi connectivity index (χ1n) is 7.42. The summed E-state index contributed by atoms with van der Waals surface area (Å²) < 4.78 is 26.3. The standard InChI is InChI=1S/C16H25F2N3.HI/c1-5-19-16(21-12(4)11(2)3)20-9-8-13-6-7-14(17)10-15(13)18;/h6-7,10-12H,5,8-9H2,1-4H3,(H2,19,20,21);1H. The first-order valence-corrected chi connectivity index (χ1v) is 7.42. The molecule has 0 saturated carbocycles. The quantitative estimate of drug-likeness (QED) is 0.414. The number of rotatable bonds is 6. The van der Waals surface area contributed by atoms with Gasteiger partial charge in [-0.25, -0.2) is 8.78 Å². The van der Waals surface area contributed by atoms with Crippen molar-refractivity contribution in [3.05, 3.63) is 35.4 Å². The zero-order chi connectivity index (χ0) is 15.8. The van der Waals surface area contributed by atoms with Crippen LogP contribution in [0.5, 0.6) is 0 Å². The molecule has 0 aliphatic heterocycles. The van der Waals surface area contributed by atoms with Crippen LogP contribution in [0.2, 0.25) is 0 Å². The van der Waals surface area contributed by atoms with Crippen LogP contribution in [0.25, 0.3) is 0 Å². The highest BCUT2D eigenvalue weighted by molar-refractivity contribution is 14.0. The molecule has 0 radical (unpaired) electrons. The summed E-state index contributed by atoms with van der Waals surface area (Å²) in [5.41, 5.74) is 0.480. The van der Waals surface area contributed by atoms with Crippen LogP contribution >= 0.6 is 24.0 Å².